The molecule has 2 N–H and O–H groups in total. The summed E-state index contributed by atoms with van der Waals surface area (Å²) in [6, 6.07) is 1.25. The molecule has 0 saturated heterocycles. The molecule has 1 heterocycles. The highest BCUT2D eigenvalue weighted by Crippen LogP contribution is 2.33. The molecule has 21 heavy (non-hydrogen) atoms. The van der Waals surface area contributed by atoms with Gasteiger partial charge in [-0.05, 0) is 16.9 Å². The second-order valence-corrected chi connectivity index (χ2v) is 6.52. The Morgan fingerprint density at radius 2 is 1.90 bits per heavy atom. The summed E-state index contributed by atoms with van der Waals surface area (Å²) in [5, 5.41) is 5.90. The van der Waals surface area contributed by atoms with Gasteiger partial charge < -0.3 is 10.6 Å². The maximum atomic E-state index is 12.9. The van der Waals surface area contributed by atoms with Gasteiger partial charge in [0.25, 0.3) is 5.91 Å². The monoisotopic (exact) mass is 322 g/mol. The molecule has 0 unspecified atom stereocenters. The number of hydrogen-bond donors (Lipinski definition) is 2. The van der Waals surface area contributed by atoms with E-state index in [0.717, 1.165) is 0 Å². The summed E-state index contributed by atoms with van der Waals surface area (Å²) in [5.74, 6) is -1.36. The van der Waals surface area contributed by atoms with E-state index in [1.54, 1.807) is 17.5 Å². The lowest BCUT2D eigenvalue weighted by Crippen LogP contribution is -2.54. The van der Waals surface area contributed by atoms with Gasteiger partial charge in [0.05, 0.1) is 11.4 Å². The molecule has 0 aliphatic heterocycles. The Morgan fingerprint density at radius 1 is 1.29 bits per heavy atom. The maximum absolute atomic E-state index is 12.9. The van der Waals surface area contributed by atoms with Gasteiger partial charge in [-0.3, -0.25) is 9.59 Å². The lowest BCUT2D eigenvalue weighted by molar-refractivity contribution is -0.180. The number of alkyl halides is 3. The number of amides is 2. The molecule has 0 aromatic carbocycles. The molecule has 1 aromatic heterocycles. The van der Waals surface area contributed by atoms with Crippen LogP contribution in [-0.2, 0) is 4.79 Å². The van der Waals surface area contributed by atoms with E-state index >= 15 is 0 Å². The van der Waals surface area contributed by atoms with E-state index in [-0.39, 0.29) is 0 Å². The Balaban J connectivity index is 2.57. The molecule has 4 nitrogen and oxygen atoms in total. The first kappa shape index (κ1) is 17.5. The number of carbonyl (C=O) groups excluding carboxylic acids is 2. The minimum Gasteiger partial charge on any atom is -0.342 e. The van der Waals surface area contributed by atoms with Crippen LogP contribution in [0, 0.1) is 5.41 Å². The van der Waals surface area contributed by atoms with Gasteiger partial charge >= 0.3 is 6.18 Å². The van der Waals surface area contributed by atoms with Gasteiger partial charge in [-0.2, -0.15) is 13.2 Å². The molecule has 0 saturated carbocycles. The Morgan fingerprint density at radius 3 is 2.33 bits per heavy atom. The molecule has 0 radical (unpaired) electrons. The number of hydrogen-bond acceptors (Lipinski definition) is 3. The predicted octanol–water partition coefficient (Wildman–Crippen LogP) is 2.57. The van der Waals surface area contributed by atoms with Crippen LogP contribution in [0.3, 0.4) is 0 Å². The average molecular weight is 322 g/mol. The fraction of sp³-hybridized carbons (Fsp3) is 0.538. The number of thiophene rings is 1. The van der Waals surface area contributed by atoms with E-state index in [4.69, 9.17) is 0 Å². The Bertz CT molecular complexity index is 479. The molecule has 118 valence electrons. The zero-order valence-corrected chi connectivity index (χ0v) is 12.7. The third kappa shape index (κ3) is 5.37. The minimum atomic E-state index is -4.55. The normalized spacial score (nSPS) is 13.6. The SMILES string of the molecule is CC(C)(C)[C@@H](NC(=O)CNC(=O)c1cccs1)C(F)(F)F. The van der Waals surface area contributed by atoms with Gasteiger partial charge in [-0.1, -0.05) is 26.8 Å². The maximum Gasteiger partial charge on any atom is 0.409 e. The number of rotatable bonds is 4. The second-order valence-electron chi connectivity index (χ2n) is 5.57. The van der Waals surface area contributed by atoms with Crippen LogP contribution in [0.15, 0.2) is 17.5 Å². The van der Waals surface area contributed by atoms with Crippen molar-refractivity contribution < 1.29 is 22.8 Å². The summed E-state index contributed by atoms with van der Waals surface area (Å²) in [6.07, 6.45) is -4.55. The van der Waals surface area contributed by atoms with Crippen molar-refractivity contribution in [3.8, 4) is 0 Å². The highest BCUT2D eigenvalue weighted by Gasteiger charge is 2.47. The van der Waals surface area contributed by atoms with Gasteiger partial charge in [0, 0.05) is 0 Å². The first-order chi connectivity index (χ1) is 9.51. The van der Waals surface area contributed by atoms with Crippen molar-refractivity contribution in [3.05, 3.63) is 22.4 Å². The zero-order chi connectivity index (χ0) is 16.3. The third-order valence-electron chi connectivity index (χ3n) is 2.65. The van der Waals surface area contributed by atoms with E-state index in [2.05, 4.69) is 5.32 Å². The van der Waals surface area contributed by atoms with Gasteiger partial charge in [0.2, 0.25) is 5.91 Å². The quantitative estimate of drug-likeness (QED) is 0.895. The first-order valence-corrected chi connectivity index (χ1v) is 7.07. The van der Waals surface area contributed by atoms with Crippen LogP contribution in [0.2, 0.25) is 0 Å². The molecule has 0 fully saturated rings. The Kier molecular flexibility index (Phi) is 5.38. The lowest BCUT2D eigenvalue weighted by Gasteiger charge is -2.33. The lowest BCUT2D eigenvalue weighted by atomic mass is 9.86. The molecule has 0 spiro atoms. The topological polar surface area (TPSA) is 58.2 Å². The van der Waals surface area contributed by atoms with Crippen LogP contribution < -0.4 is 10.6 Å². The minimum absolute atomic E-state index is 0.394. The fourth-order valence-electron chi connectivity index (χ4n) is 1.66. The largest absolute Gasteiger partial charge is 0.409 e. The Hall–Kier alpha value is -1.57. The van der Waals surface area contributed by atoms with Crippen LogP contribution in [-0.4, -0.2) is 30.6 Å². The number of nitrogens with one attached hydrogen (secondary N) is 2. The van der Waals surface area contributed by atoms with Crippen LogP contribution in [0.5, 0.6) is 0 Å². The summed E-state index contributed by atoms with van der Waals surface area (Å²) in [4.78, 5) is 23.6. The fourth-order valence-corrected chi connectivity index (χ4v) is 2.30. The highest BCUT2D eigenvalue weighted by molar-refractivity contribution is 7.12. The molecule has 1 aromatic rings. The summed E-state index contributed by atoms with van der Waals surface area (Å²) in [5.41, 5.74) is -1.17. The third-order valence-corrected chi connectivity index (χ3v) is 3.52. The van der Waals surface area contributed by atoms with Gasteiger partial charge in [0.15, 0.2) is 0 Å². The molecule has 0 aliphatic carbocycles. The first-order valence-electron chi connectivity index (χ1n) is 6.19. The molecule has 1 rings (SSSR count). The summed E-state index contributed by atoms with van der Waals surface area (Å²) in [6.45, 7) is 3.65. The molecule has 2 amide bonds. The highest BCUT2D eigenvalue weighted by atomic mass is 32.1. The van der Waals surface area contributed by atoms with E-state index in [0.29, 0.717) is 4.88 Å². The van der Waals surface area contributed by atoms with Crippen LogP contribution in [0.25, 0.3) is 0 Å². The molecule has 8 heteroatoms. The van der Waals surface area contributed by atoms with E-state index < -0.39 is 36.0 Å². The van der Waals surface area contributed by atoms with Gasteiger partial charge in [-0.15, -0.1) is 11.3 Å². The van der Waals surface area contributed by atoms with Crippen molar-refractivity contribution in [2.45, 2.75) is 33.0 Å². The summed E-state index contributed by atoms with van der Waals surface area (Å²) < 4.78 is 38.7. The zero-order valence-electron chi connectivity index (χ0n) is 11.9. The van der Waals surface area contributed by atoms with Crippen molar-refractivity contribution >= 4 is 23.2 Å². The summed E-state index contributed by atoms with van der Waals surface area (Å²) >= 11 is 1.18. The van der Waals surface area contributed by atoms with Gasteiger partial charge in [-0.25, -0.2) is 0 Å². The molecule has 1 atom stereocenters. The standard InChI is InChI=1S/C13H17F3N2O2S/c1-12(2,3)11(13(14,15)16)18-9(19)7-17-10(20)8-5-4-6-21-8/h4-6,11H,7H2,1-3H3,(H,17,20)(H,18,19)/t11-/m1/s1. The van der Waals surface area contributed by atoms with Crippen molar-refractivity contribution in [2.75, 3.05) is 6.54 Å². The van der Waals surface area contributed by atoms with Crippen molar-refractivity contribution in [2.24, 2.45) is 5.41 Å². The van der Waals surface area contributed by atoms with Gasteiger partial charge in [0.1, 0.15) is 6.04 Å². The van der Waals surface area contributed by atoms with Crippen molar-refractivity contribution in [1.82, 2.24) is 10.6 Å². The molecule has 0 aliphatic rings. The van der Waals surface area contributed by atoms with Crippen molar-refractivity contribution in [1.29, 1.82) is 0 Å². The number of halogens is 3. The second kappa shape index (κ2) is 6.46. The van der Waals surface area contributed by atoms with Crippen LogP contribution in [0.4, 0.5) is 13.2 Å². The Labute approximate surface area is 124 Å². The van der Waals surface area contributed by atoms with Crippen LogP contribution >= 0.6 is 11.3 Å². The smallest absolute Gasteiger partial charge is 0.342 e. The number of carbonyl (C=O) groups is 2. The van der Waals surface area contributed by atoms with E-state index in [1.807, 2.05) is 5.32 Å². The average Bonchev–Trinajstić information content (AvgIpc) is 2.83. The summed E-state index contributed by atoms with van der Waals surface area (Å²) in [7, 11) is 0. The van der Waals surface area contributed by atoms with Crippen molar-refractivity contribution in [3.63, 3.8) is 0 Å². The van der Waals surface area contributed by atoms with E-state index in [1.165, 1.54) is 32.1 Å². The molecule has 0 bridgehead atoms. The molecular weight excluding hydrogens is 305 g/mol. The molecular formula is C13H17F3N2O2S. The van der Waals surface area contributed by atoms with Crippen LogP contribution in [0.1, 0.15) is 30.4 Å². The predicted molar refractivity (Wildman–Crippen MR) is 74.1 cm³/mol. The van der Waals surface area contributed by atoms with E-state index in [9.17, 15) is 22.8 Å².